The number of thioether (sulfide) groups is 4. The molecule has 0 spiro atoms. The number of rotatable bonds is 15. The molecule has 2 aliphatic rings. The minimum absolute atomic E-state index is 0.104. The third-order valence-electron chi connectivity index (χ3n) is 7.28. The highest BCUT2D eigenvalue weighted by Crippen LogP contribution is 2.68. The molecule has 3 rings (SSSR count). The molecule has 0 fully saturated rings. The highest BCUT2D eigenvalue weighted by molar-refractivity contribution is 8.26. The molecule has 0 saturated carbocycles. The molecule has 242 valence electrons. The lowest BCUT2D eigenvalue weighted by Crippen LogP contribution is -2.18. The number of nitriles is 2. The molecule has 0 saturated heterocycles. The van der Waals surface area contributed by atoms with Crippen LogP contribution in [0.3, 0.4) is 0 Å². The maximum Gasteiger partial charge on any atom is 0.513 e. The van der Waals surface area contributed by atoms with Crippen molar-refractivity contribution in [1.82, 2.24) is 0 Å². The number of unbranched alkanes of at least 4 members (excludes halogenated alkanes) is 2. The van der Waals surface area contributed by atoms with E-state index in [1.807, 2.05) is 19.9 Å². The normalized spacial score (nSPS) is 14.4. The summed E-state index contributed by atoms with van der Waals surface area (Å²) in [5.41, 5.74) is 0.341. The lowest BCUT2D eigenvalue weighted by Gasteiger charge is -2.18. The van der Waals surface area contributed by atoms with Crippen LogP contribution in [0.1, 0.15) is 86.0 Å². The fourth-order valence-corrected chi connectivity index (χ4v) is 9.61. The summed E-state index contributed by atoms with van der Waals surface area (Å²) in [4.78, 5) is 39.5. The third kappa shape index (κ3) is 9.65. The first kappa shape index (κ1) is 36.8. The zero-order valence-corrected chi connectivity index (χ0v) is 29.5. The summed E-state index contributed by atoms with van der Waals surface area (Å²) in [6.45, 7) is 10.4. The van der Waals surface area contributed by atoms with E-state index in [1.165, 1.54) is 23.5 Å². The van der Waals surface area contributed by atoms with Gasteiger partial charge in [0.1, 0.15) is 11.6 Å². The van der Waals surface area contributed by atoms with Crippen LogP contribution in [0.4, 0.5) is 9.59 Å². The van der Waals surface area contributed by atoms with Gasteiger partial charge < -0.3 is 18.9 Å². The molecule has 2 heterocycles. The molecule has 0 bridgehead atoms. The Morgan fingerprint density at radius 2 is 1.16 bits per heavy atom. The van der Waals surface area contributed by atoms with Crippen LogP contribution >= 0.6 is 47.0 Å². The Bertz CT molecular complexity index is 1350. The first-order valence-corrected chi connectivity index (χ1v) is 18.4. The Kier molecular flexibility index (Phi) is 15.1. The smallest absolute Gasteiger partial charge is 0.434 e. The number of nitrogens with zero attached hydrogens (tertiary/aromatic N) is 2. The lowest BCUT2D eigenvalue weighted by molar-refractivity contribution is -0.104. The lowest BCUT2D eigenvalue weighted by atomic mass is 10.0. The number of ether oxygens (including phenoxy) is 4. The number of hydrogen-bond donors (Lipinski definition) is 0. The summed E-state index contributed by atoms with van der Waals surface area (Å²) in [7, 11) is 0. The van der Waals surface area contributed by atoms with E-state index in [4.69, 9.17) is 18.9 Å². The highest BCUT2D eigenvalue weighted by atomic mass is 32.2. The predicted octanol–water partition coefficient (Wildman–Crippen LogP) is 10.2. The second kappa shape index (κ2) is 18.4. The van der Waals surface area contributed by atoms with Crippen molar-refractivity contribution >= 4 is 65.6 Å². The second-order valence-electron chi connectivity index (χ2n) is 10.5. The zero-order chi connectivity index (χ0) is 32.9. The monoisotopic (exact) mass is 690 g/mol. The van der Waals surface area contributed by atoms with Crippen LogP contribution in [-0.4, -0.2) is 31.8 Å². The Balaban J connectivity index is 2.03. The highest BCUT2D eigenvalue weighted by Gasteiger charge is 2.40. The van der Waals surface area contributed by atoms with Crippen molar-refractivity contribution in [3.05, 3.63) is 19.6 Å². The molecule has 0 radical (unpaired) electrons. The van der Waals surface area contributed by atoms with E-state index in [0.717, 1.165) is 74.9 Å². The zero-order valence-electron chi connectivity index (χ0n) is 26.2. The summed E-state index contributed by atoms with van der Waals surface area (Å²) < 4.78 is 23.8. The molecule has 2 atom stereocenters. The van der Waals surface area contributed by atoms with Gasteiger partial charge in [0.15, 0.2) is 17.8 Å². The first-order chi connectivity index (χ1) is 21.7. The number of hydrogen-bond acceptors (Lipinski definition) is 13. The summed E-state index contributed by atoms with van der Waals surface area (Å²) in [5, 5.41) is 19.2. The van der Waals surface area contributed by atoms with Crippen molar-refractivity contribution in [3.8, 4) is 23.6 Å². The molecule has 0 amide bonds. The molecule has 0 aliphatic carbocycles. The van der Waals surface area contributed by atoms with Crippen LogP contribution in [0.2, 0.25) is 0 Å². The average molecular weight is 691 g/mol. The summed E-state index contributed by atoms with van der Waals surface area (Å²) in [6.07, 6.45) is 6.41. The van der Waals surface area contributed by atoms with Crippen molar-refractivity contribution in [2.45, 2.75) is 106 Å². The molecule has 1 aromatic carbocycles. The van der Waals surface area contributed by atoms with Gasteiger partial charge in [0.05, 0.1) is 47.3 Å². The van der Waals surface area contributed by atoms with Gasteiger partial charge >= 0.3 is 12.3 Å². The van der Waals surface area contributed by atoms with Crippen LogP contribution in [0.25, 0.3) is 0 Å². The molecule has 0 N–H and O–H groups in total. The molecule has 2 aliphatic heterocycles. The van der Waals surface area contributed by atoms with Gasteiger partial charge in [-0.3, -0.25) is 4.79 Å². The SMILES string of the molecule is CCCCC(CC)COC(=O)Oc1c2c(c(OC(=O)OCC(CC)CCCC)c3c1SC(=C(C#N)C=O)S3)SC(=C(C)C#N)S2. The third-order valence-corrected chi connectivity index (χ3v) is 12.7. The number of carbonyl (C=O) groups is 3. The summed E-state index contributed by atoms with van der Waals surface area (Å²) in [6, 6.07) is 4.05. The molecule has 1 aromatic rings. The Labute approximate surface area is 282 Å². The number of aldehydes is 1. The van der Waals surface area contributed by atoms with Crippen molar-refractivity contribution in [2.24, 2.45) is 11.8 Å². The number of allylic oxidation sites excluding steroid dienone is 2. The molecule has 45 heavy (non-hydrogen) atoms. The molecule has 13 heteroatoms. The van der Waals surface area contributed by atoms with E-state index < -0.39 is 12.3 Å². The Morgan fingerprint density at radius 3 is 1.49 bits per heavy atom. The summed E-state index contributed by atoms with van der Waals surface area (Å²) >= 11 is 4.59. The number of fused-ring (bicyclic) bond motifs is 2. The topological polar surface area (TPSA) is 136 Å². The fourth-order valence-electron chi connectivity index (χ4n) is 4.41. The molecule has 0 aromatic heterocycles. The molecular weight excluding hydrogens is 653 g/mol. The first-order valence-electron chi connectivity index (χ1n) is 15.1. The van der Waals surface area contributed by atoms with E-state index in [2.05, 4.69) is 19.9 Å². The average Bonchev–Trinajstić information content (AvgIpc) is 3.69. The number of carbonyl (C=O) groups excluding carboxylic acids is 3. The van der Waals surface area contributed by atoms with Gasteiger partial charge in [-0.2, -0.15) is 10.5 Å². The van der Waals surface area contributed by atoms with Crippen LogP contribution in [-0.2, 0) is 14.3 Å². The maximum atomic E-state index is 13.1. The van der Waals surface area contributed by atoms with Crippen molar-refractivity contribution < 1.29 is 33.3 Å². The van der Waals surface area contributed by atoms with Crippen LogP contribution in [0.15, 0.2) is 39.2 Å². The van der Waals surface area contributed by atoms with Gasteiger partial charge in [-0.15, -0.1) is 0 Å². The molecular formula is C32H38N2O7S4. The van der Waals surface area contributed by atoms with E-state index in [1.54, 1.807) is 6.92 Å². The van der Waals surface area contributed by atoms with Gasteiger partial charge in [-0.1, -0.05) is 113 Å². The Hall–Kier alpha value is -2.71. The standard InChI is InChI=1S/C32H38N2O7S4/c1-6-10-12-20(8-3)17-38-31(36)40-23-25-26(43-29(42-25)19(5)14-33)24(28-27(23)44-30(45-28)22(15-34)16-35)41-32(37)39-18-21(9-4)13-11-7-2/h16,20-21H,6-13,17-18H2,1-5H3. The maximum absolute atomic E-state index is 13.1. The van der Waals surface area contributed by atoms with Crippen LogP contribution < -0.4 is 9.47 Å². The summed E-state index contributed by atoms with van der Waals surface area (Å²) in [5.74, 6) is 0.722. The quantitative estimate of drug-likeness (QED) is 0.0568. The fraction of sp³-hybridized carbons (Fsp3) is 0.531. The van der Waals surface area contributed by atoms with E-state index in [9.17, 15) is 24.9 Å². The van der Waals surface area contributed by atoms with E-state index in [-0.39, 0.29) is 42.1 Å². The predicted molar refractivity (Wildman–Crippen MR) is 177 cm³/mol. The van der Waals surface area contributed by atoms with Gasteiger partial charge in [0, 0.05) is 5.57 Å². The minimum atomic E-state index is -0.890. The Morgan fingerprint density at radius 1 is 0.733 bits per heavy atom. The van der Waals surface area contributed by atoms with Crippen LogP contribution in [0.5, 0.6) is 11.5 Å². The van der Waals surface area contributed by atoms with Gasteiger partial charge in [0.2, 0.25) is 0 Å². The van der Waals surface area contributed by atoms with E-state index >= 15 is 0 Å². The largest absolute Gasteiger partial charge is 0.513 e. The van der Waals surface area contributed by atoms with Crippen LogP contribution in [0, 0.1) is 34.5 Å². The van der Waals surface area contributed by atoms with Gasteiger partial charge in [-0.05, 0) is 31.6 Å². The van der Waals surface area contributed by atoms with Gasteiger partial charge in [0.25, 0.3) is 0 Å². The van der Waals surface area contributed by atoms with Crippen molar-refractivity contribution in [3.63, 3.8) is 0 Å². The molecule has 9 nitrogen and oxygen atoms in total. The van der Waals surface area contributed by atoms with Gasteiger partial charge in [-0.25, -0.2) is 9.59 Å². The molecule has 2 unspecified atom stereocenters. The second-order valence-corrected chi connectivity index (χ2v) is 15.1. The van der Waals surface area contributed by atoms with Crippen molar-refractivity contribution in [1.29, 1.82) is 10.5 Å². The number of benzene rings is 1. The van der Waals surface area contributed by atoms with Crippen molar-refractivity contribution in [2.75, 3.05) is 13.2 Å². The van der Waals surface area contributed by atoms with E-state index in [0.29, 0.717) is 39.9 Å². The minimum Gasteiger partial charge on any atom is -0.434 e.